The first-order chi connectivity index (χ1) is 13.3. The number of sulfonamides is 1. The number of hydrogen-bond acceptors (Lipinski definition) is 5. The fourth-order valence-corrected chi connectivity index (χ4v) is 4.44. The number of aryl methyl sites for hydroxylation is 1. The summed E-state index contributed by atoms with van der Waals surface area (Å²) in [6, 6.07) is 6.59. The number of rotatable bonds is 5. The molecular formula is C18H20F3N5O2S. The Kier molecular flexibility index (Phi) is 5.08. The minimum atomic E-state index is -4.59. The quantitative estimate of drug-likeness (QED) is 0.609. The number of anilines is 1. The van der Waals surface area contributed by atoms with Gasteiger partial charge in [-0.15, -0.1) is 0 Å². The number of pyridine rings is 1. The summed E-state index contributed by atoms with van der Waals surface area (Å²) in [6.07, 6.45) is -3.55. The van der Waals surface area contributed by atoms with E-state index in [2.05, 4.69) is 14.7 Å². The van der Waals surface area contributed by atoms with E-state index in [1.54, 1.807) is 20.8 Å². The number of benzene rings is 1. The number of nitrogens with two attached hydrogens (primary N) is 1. The summed E-state index contributed by atoms with van der Waals surface area (Å²) in [5, 5.41) is 0. The molecule has 2 aromatic heterocycles. The molecule has 7 nitrogen and oxygen atoms in total. The first-order valence-electron chi connectivity index (χ1n) is 8.68. The molecule has 0 saturated heterocycles. The van der Waals surface area contributed by atoms with Crippen LogP contribution in [-0.4, -0.2) is 23.0 Å². The van der Waals surface area contributed by atoms with Crippen molar-refractivity contribution in [3.63, 3.8) is 0 Å². The Balaban J connectivity index is 2.07. The van der Waals surface area contributed by atoms with Gasteiger partial charge in [-0.05, 0) is 51.1 Å². The molecule has 3 N–H and O–H groups in total. The van der Waals surface area contributed by atoms with Crippen molar-refractivity contribution in [1.29, 1.82) is 0 Å². The largest absolute Gasteiger partial charge is 0.433 e. The van der Waals surface area contributed by atoms with Crippen molar-refractivity contribution in [2.45, 2.75) is 43.9 Å². The van der Waals surface area contributed by atoms with Gasteiger partial charge in [-0.3, -0.25) is 0 Å². The molecule has 3 rings (SSSR count). The van der Waals surface area contributed by atoms with E-state index in [-0.39, 0.29) is 21.8 Å². The second kappa shape index (κ2) is 6.99. The van der Waals surface area contributed by atoms with Crippen LogP contribution in [0.3, 0.4) is 0 Å². The molecule has 2 heterocycles. The van der Waals surface area contributed by atoms with Crippen LogP contribution in [0.2, 0.25) is 0 Å². The average Bonchev–Trinajstić information content (AvgIpc) is 2.99. The lowest BCUT2D eigenvalue weighted by Crippen LogP contribution is -2.42. The average molecular weight is 427 g/mol. The standard InChI is InChI=1S/C18H20F3N5O2S/c1-4-26-14-9-15(18(19,20)21)23-10-13(14)24-16(26)17(2,3)25-29(27,28)12-7-5-11(22)6-8-12/h5-10,25H,4,22H2,1-3H3. The monoisotopic (exact) mass is 427 g/mol. The first kappa shape index (κ1) is 21.1. The summed E-state index contributed by atoms with van der Waals surface area (Å²) >= 11 is 0. The molecule has 1 aromatic carbocycles. The van der Waals surface area contributed by atoms with Crippen LogP contribution in [0.1, 0.15) is 32.3 Å². The molecule has 0 atom stereocenters. The van der Waals surface area contributed by atoms with Crippen molar-refractivity contribution < 1.29 is 21.6 Å². The third kappa shape index (κ3) is 4.06. The molecular weight excluding hydrogens is 407 g/mol. The molecule has 11 heteroatoms. The van der Waals surface area contributed by atoms with E-state index in [1.165, 1.54) is 28.8 Å². The van der Waals surface area contributed by atoms with Gasteiger partial charge in [0, 0.05) is 12.2 Å². The SMILES string of the molecule is CCn1c(C(C)(C)NS(=O)(=O)c2ccc(N)cc2)nc2cnc(C(F)(F)F)cc21. The summed E-state index contributed by atoms with van der Waals surface area (Å²) in [7, 11) is -3.93. The van der Waals surface area contributed by atoms with Gasteiger partial charge in [0.2, 0.25) is 10.0 Å². The van der Waals surface area contributed by atoms with E-state index in [9.17, 15) is 21.6 Å². The molecule has 0 fully saturated rings. The third-order valence-electron chi connectivity index (χ3n) is 4.38. The molecule has 29 heavy (non-hydrogen) atoms. The summed E-state index contributed by atoms with van der Waals surface area (Å²) in [5.41, 5.74) is 4.24. The fraction of sp³-hybridized carbons (Fsp3) is 0.333. The normalized spacial score (nSPS) is 13.2. The number of nitrogen functional groups attached to an aromatic ring is 1. The molecule has 0 amide bonds. The van der Waals surface area contributed by atoms with Gasteiger partial charge >= 0.3 is 6.18 Å². The number of nitrogens with one attached hydrogen (secondary N) is 1. The highest BCUT2D eigenvalue weighted by Gasteiger charge is 2.35. The van der Waals surface area contributed by atoms with E-state index in [0.29, 0.717) is 12.2 Å². The number of alkyl halides is 3. The highest BCUT2D eigenvalue weighted by molar-refractivity contribution is 7.89. The Morgan fingerprint density at radius 3 is 2.34 bits per heavy atom. The molecule has 0 unspecified atom stereocenters. The highest BCUT2D eigenvalue weighted by atomic mass is 32.2. The summed E-state index contributed by atoms with van der Waals surface area (Å²) in [4.78, 5) is 7.80. The lowest BCUT2D eigenvalue weighted by Gasteiger charge is -2.26. The number of hydrogen-bond donors (Lipinski definition) is 2. The zero-order valence-electron chi connectivity index (χ0n) is 15.9. The van der Waals surface area contributed by atoms with Crippen LogP contribution in [0.25, 0.3) is 11.0 Å². The maximum atomic E-state index is 13.0. The second-order valence-electron chi connectivity index (χ2n) is 7.04. The number of fused-ring (bicyclic) bond motifs is 1. The zero-order valence-corrected chi connectivity index (χ0v) is 16.8. The van der Waals surface area contributed by atoms with Crippen LogP contribution in [0.4, 0.5) is 18.9 Å². The van der Waals surface area contributed by atoms with Crippen LogP contribution in [0.5, 0.6) is 0 Å². The Morgan fingerprint density at radius 2 is 1.79 bits per heavy atom. The van der Waals surface area contributed by atoms with Crippen LogP contribution < -0.4 is 10.5 Å². The molecule has 0 spiro atoms. The number of aromatic nitrogens is 3. The van der Waals surface area contributed by atoms with Crippen molar-refractivity contribution in [3.05, 3.63) is 48.0 Å². The predicted octanol–water partition coefficient (Wildman–Crippen LogP) is 3.27. The third-order valence-corrected chi connectivity index (χ3v) is 6.05. The van der Waals surface area contributed by atoms with Gasteiger partial charge in [0.15, 0.2) is 0 Å². The van der Waals surface area contributed by atoms with E-state index in [0.717, 1.165) is 12.3 Å². The molecule has 0 bridgehead atoms. The Bertz CT molecular complexity index is 1150. The maximum Gasteiger partial charge on any atom is 0.433 e. The molecule has 0 aliphatic heterocycles. The van der Waals surface area contributed by atoms with Crippen LogP contribution in [-0.2, 0) is 28.3 Å². The van der Waals surface area contributed by atoms with Gasteiger partial charge in [-0.25, -0.2) is 18.4 Å². The van der Waals surface area contributed by atoms with E-state index >= 15 is 0 Å². The second-order valence-corrected chi connectivity index (χ2v) is 8.72. The lowest BCUT2D eigenvalue weighted by molar-refractivity contribution is -0.141. The van der Waals surface area contributed by atoms with Crippen LogP contribution >= 0.6 is 0 Å². The van der Waals surface area contributed by atoms with E-state index < -0.39 is 27.4 Å². The van der Waals surface area contributed by atoms with Gasteiger partial charge in [-0.1, -0.05) is 0 Å². The molecule has 156 valence electrons. The topological polar surface area (TPSA) is 103 Å². The van der Waals surface area contributed by atoms with Crippen molar-refractivity contribution in [2.75, 3.05) is 5.73 Å². The van der Waals surface area contributed by atoms with Crippen LogP contribution in [0.15, 0.2) is 41.4 Å². The molecule has 0 aliphatic rings. The minimum absolute atomic E-state index is 0.0139. The van der Waals surface area contributed by atoms with E-state index in [1.807, 2.05) is 0 Å². The summed E-state index contributed by atoms with van der Waals surface area (Å²) in [5.74, 6) is 0.273. The summed E-state index contributed by atoms with van der Waals surface area (Å²) in [6.45, 7) is 5.21. The molecule has 0 aliphatic carbocycles. The van der Waals surface area contributed by atoms with Gasteiger partial charge in [0.05, 0.1) is 22.1 Å². The number of imidazole rings is 1. The van der Waals surface area contributed by atoms with Gasteiger partial charge in [-0.2, -0.15) is 17.9 Å². The Labute approximate surface area is 165 Å². The smallest absolute Gasteiger partial charge is 0.399 e. The first-order valence-corrected chi connectivity index (χ1v) is 10.2. The van der Waals surface area contributed by atoms with Crippen LogP contribution in [0, 0.1) is 0 Å². The molecule has 0 radical (unpaired) electrons. The highest BCUT2D eigenvalue weighted by Crippen LogP contribution is 2.32. The Morgan fingerprint density at radius 1 is 1.17 bits per heavy atom. The maximum absolute atomic E-state index is 13.0. The summed E-state index contributed by atoms with van der Waals surface area (Å²) < 4.78 is 68.8. The fourth-order valence-electron chi connectivity index (χ4n) is 3.07. The Hall–Kier alpha value is -2.66. The van der Waals surface area contributed by atoms with Crippen molar-refractivity contribution in [2.24, 2.45) is 0 Å². The van der Waals surface area contributed by atoms with E-state index in [4.69, 9.17) is 5.73 Å². The molecule has 0 saturated carbocycles. The number of nitrogens with zero attached hydrogens (tertiary/aromatic N) is 3. The van der Waals surface area contributed by atoms with Gasteiger partial charge in [0.25, 0.3) is 0 Å². The zero-order chi connectivity index (χ0) is 21.6. The van der Waals surface area contributed by atoms with Crippen molar-refractivity contribution >= 4 is 26.7 Å². The predicted molar refractivity (Wildman–Crippen MR) is 102 cm³/mol. The van der Waals surface area contributed by atoms with Gasteiger partial charge < -0.3 is 10.3 Å². The van der Waals surface area contributed by atoms with Gasteiger partial charge in [0.1, 0.15) is 17.0 Å². The number of halogens is 3. The van der Waals surface area contributed by atoms with Crippen molar-refractivity contribution in [1.82, 2.24) is 19.3 Å². The molecule has 3 aromatic rings. The minimum Gasteiger partial charge on any atom is -0.399 e. The lowest BCUT2D eigenvalue weighted by atomic mass is 10.1. The van der Waals surface area contributed by atoms with Crippen molar-refractivity contribution in [3.8, 4) is 0 Å².